The zero-order valence-electron chi connectivity index (χ0n) is 18.6. The number of aromatic nitrogens is 1. The predicted molar refractivity (Wildman–Crippen MR) is 145 cm³/mol. The van der Waals surface area contributed by atoms with E-state index in [0.29, 0.717) is 0 Å². The summed E-state index contributed by atoms with van der Waals surface area (Å²) >= 11 is 0. The smallest absolute Gasteiger partial charge is 0.0788 e. The Bertz CT molecular complexity index is 1860. The second kappa shape index (κ2) is 7.23. The van der Waals surface area contributed by atoms with Crippen LogP contribution in [-0.2, 0) is 0 Å². The molecular formula is C32H22N2. The lowest BCUT2D eigenvalue weighted by Gasteiger charge is -2.17. The Morgan fingerprint density at radius 2 is 0.971 bits per heavy atom. The first-order valence-corrected chi connectivity index (χ1v) is 11.6. The largest absolute Gasteiger partial charge is 0.339 e. The van der Waals surface area contributed by atoms with Gasteiger partial charge in [0.05, 0.1) is 11.0 Å². The fraction of sp³-hybridized carbons (Fsp3) is 0. The number of fused-ring (bicyclic) bond motifs is 5. The summed E-state index contributed by atoms with van der Waals surface area (Å²) in [5, 5.41) is 7.27. The van der Waals surface area contributed by atoms with Crippen molar-refractivity contribution in [3.63, 3.8) is 0 Å². The van der Waals surface area contributed by atoms with E-state index >= 15 is 0 Å². The SMILES string of the molecule is Nn1c2ccccc2c2ccc(-c3cccc4ccccc34)c(-c3cccc4ccccc34)c21. The lowest BCUT2D eigenvalue weighted by molar-refractivity contribution is 1.12. The number of para-hydroxylation sites is 1. The quantitative estimate of drug-likeness (QED) is 0.273. The van der Waals surface area contributed by atoms with Crippen LogP contribution in [0.1, 0.15) is 0 Å². The molecule has 2 heteroatoms. The molecule has 0 amide bonds. The molecule has 0 saturated heterocycles. The van der Waals surface area contributed by atoms with Crippen molar-refractivity contribution in [1.82, 2.24) is 4.68 Å². The third-order valence-electron chi connectivity index (χ3n) is 7.01. The molecule has 0 atom stereocenters. The van der Waals surface area contributed by atoms with E-state index in [4.69, 9.17) is 5.84 Å². The normalized spacial score (nSPS) is 11.6. The maximum Gasteiger partial charge on any atom is 0.0788 e. The number of nitrogens with two attached hydrogens (primary N) is 1. The van der Waals surface area contributed by atoms with E-state index in [0.717, 1.165) is 11.0 Å². The highest BCUT2D eigenvalue weighted by Crippen LogP contribution is 2.44. The summed E-state index contributed by atoms with van der Waals surface area (Å²) in [6.45, 7) is 0. The van der Waals surface area contributed by atoms with Gasteiger partial charge in [0.2, 0.25) is 0 Å². The molecule has 7 aromatic rings. The minimum atomic E-state index is 1.04. The highest BCUT2D eigenvalue weighted by molar-refractivity contribution is 6.19. The van der Waals surface area contributed by atoms with E-state index in [1.54, 1.807) is 0 Å². The molecule has 2 N–H and O–H groups in total. The summed E-state index contributed by atoms with van der Waals surface area (Å²) in [6.07, 6.45) is 0. The summed E-state index contributed by atoms with van der Waals surface area (Å²) in [5.74, 6) is 6.83. The molecule has 0 saturated carbocycles. The van der Waals surface area contributed by atoms with Gasteiger partial charge in [0.1, 0.15) is 0 Å². The molecule has 7 rings (SSSR count). The van der Waals surface area contributed by atoms with Crippen LogP contribution in [0.3, 0.4) is 0 Å². The number of nitrogen functional groups attached to an aromatic ring is 1. The molecule has 0 spiro atoms. The van der Waals surface area contributed by atoms with Crippen LogP contribution in [0.5, 0.6) is 0 Å². The van der Waals surface area contributed by atoms with Gasteiger partial charge in [0.15, 0.2) is 0 Å². The van der Waals surface area contributed by atoms with Gasteiger partial charge in [-0.25, -0.2) is 0 Å². The molecule has 1 aromatic heterocycles. The minimum absolute atomic E-state index is 1.04. The van der Waals surface area contributed by atoms with Crippen molar-refractivity contribution < 1.29 is 0 Å². The Morgan fingerprint density at radius 1 is 0.412 bits per heavy atom. The van der Waals surface area contributed by atoms with Crippen LogP contribution in [0.4, 0.5) is 0 Å². The molecule has 34 heavy (non-hydrogen) atoms. The molecular weight excluding hydrogens is 412 g/mol. The molecule has 1 heterocycles. The summed E-state index contributed by atoms with van der Waals surface area (Å²) in [7, 11) is 0. The highest BCUT2D eigenvalue weighted by Gasteiger charge is 2.20. The average molecular weight is 435 g/mol. The van der Waals surface area contributed by atoms with E-state index in [-0.39, 0.29) is 0 Å². The van der Waals surface area contributed by atoms with Crippen molar-refractivity contribution in [1.29, 1.82) is 0 Å². The van der Waals surface area contributed by atoms with Crippen LogP contribution in [0.25, 0.3) is 65.6 Å². The molecule has 2 nitrogen and oxygen atoms in total. The molecule has 0 radical (unpaired) electrons. The molecule has 0 unspecified atom stereocenters. The fourth-order valence-electron chi connectivity index (χ4n) is 5.49. The molecule has 0 fully saturated rings. The van der Waals surface area contributed by atoms with Crippen molar-refractivity contribution in [2.24, 2.45) is 0 Å². The number of benzene rings is 6. The van der Waals surface area contributed by atoms with E-state index in [9.17, 15) is 0 Å². The lowest BCUT2D eigenvalue weighted by Crippen LogP contribution is -2.08. The first-order chi connectivity index (χ1) is 16.8. The number of rotatable bonds is 2. The van der Waals surface area contributed by atoms with Gasteiger partial charge >= 0.3 is 0 Å². The first kappa shape index (κ1) is 19.0. The van der Waals surface area contributed by atoms with Crippen molar-refractivity contribution in [2.75, 3.05) is 5.84 Å². The Morgan fingerprint density at radius 3 is 1.71 bits per heavy atom. The standard InChI is InChI=1S/C32H22N2/c33-34-30-18-6-5-15-26(30)29-20-19-28(25-16-7-11-21-9-1-3-13-23(21)25)31(32(29)34)27-17-8-12-22-10-2-4-14-24(22)27/h1-20H,33H2. The van der Waals surface area contributed by atoms with Crippen LogP contribution >= 0.6 is 0 Å². The number of hydrogen-bond donors (Lipinski definition) is 1. The molecule has 6 aromatic carbocycles. The van der Waals surface area contributed by atoms with Crippen molar-refractivity contribution in [2.45, 2.75) is 0 Å². The molecule has 160 valence electrons. The van der Waals surface area contributed by atoms with Crippen LogP contribution in [0.15, 0.2) is 121 Å². The van der Waals surface area contributed by atoms with Gasteiger partial charge in [-0.2, -0.15) is 0 Å². The van der Waals surface area contributed by atoms with Crippen LogP contribution in [-0.4, -0.2) is 4.68 Å². The minimum Gasteiger partial charge on any atom is -0.339 e. The summed E-state index contributed by atoms with van der Waals surface area (Å²) in [5.41, 5.74) is 6.87. The van der Waals surface area contributed by atoms with Crippen LogP contribution < -0.4 is 5.84 Å². The van der Waals surface area contributed by atoms with Crippen molar-refractivity contribution in [3.8, 4) is 22.3 Å². The van der Waals surface area contributed by atoms with Gasteiger partial charge in [0, 0.05) is 16.3 Å². The zero-order chi connectivity index (χ0) is 22.6. The van der Waals surface area contributed by atoms with Crippen LogP contribution in [0, 0.1) is 0 Å². The Hall–Kier alpha value is -4.56. The maximum atomic E-state index is 6.83. The van der Waals surface area contributed by atoms with Gasteiger partial charge in [-0.3, -0.25) is 4.68 Å². The van der Waals surface area contributed by atoms with Crippen LogP contribution in [0.2, 0.25) is 0 Å². The number of hydrogen-bond acceptors (Lipinski definition) is 1. The first-order valence-electron chi connectivity index (χ1n) is 11.6. The lowest BCUT2D eigenvalue weighted by atomic mass is 9.88. The zero-order valence-corrected chi connectivity index (χ0v) is 18.6. The highest BCUT2D eigenvalue weighted by atomic mass is 15.3. The van der Waals surface area contributed by atoms with Crippen molar-refractivity contribution >= 4 is 43.4 Å². The fourth-order valence-corrected chi connectivity index (χ4v) is 5.49. The van der Waals surface area contributed by atoms with Gasteiger partial charge in [-0.1, -0.05) is 115 Å². The second-order valence-corrected chi connectivity index (χ2v) is 8.82. The van der Waals surface area contributed by atoms with Gasteiger partial charge in [0.25, 0.3) is 0 Å². The Kier molecular flexibility index (Phi) is 4.03. The molecule has 0 bridgehead atoms. The molecule has 0 aliphatic carbocycles. The van der Waals surface area contributed by atoms with E-state index in [1.165, 1.54) is 54.6 Å². The monoisotopic (exact) mass is 434 g/mol. The summed E-state index contributed by atoms with van der Waals surface area (Å²) < 4.78 is 1.87. The summed E-state index contributed by atoms with van der Waals surface area (Å²) in [6, 6.07) is 43.2. The van der Waals surface area contributed by atoms with E-state index in [2.05, 4.69) is 115 Å². The van der Waals surface area contributed by atoms with E-state index in [1.807, 2.05) is 10.7 Å². The van der Waals surface area contributed by atoms with Gasteiger partial charge < -0.3 is 5.84 Å². The second-order valence-electron chi connectivity index (χ2n) is 8.82. The molecule has 0 aliphatic rings. The van der Waals surface area contributed by atoms with Gasteiger partial charge in [-0.05, 0) is 44.3 Å². The van der Waals surface area contributed by atoms with Gasteiger partial charge in [-0.15, -0.1) is 0 Å². The summed E-state index contributed by atoms with van der Waals surface area (Å²) in [4.78, 5) is 0. The average Bonchev–Trinajstić information content (AvgIpc) is 3.20. The van der Waals surface area contributed by atoms with E-state index < -0.39 is 0 Å². The number of nitrogens with zero attached hydrogens (tertiary/aromatic N) is 1. The Balaban J connectivity index is 1.71. The topological polar surface area (TPSA) is 30.9 Å². The van der Waals surface area contributed by atoms with Crippen molar-refractivity contribution in [3.05, 3.63) is 121 Å². The Labute approximate surface area is 197 Å². The predicted octanol–water partition coefficient (Wildman–Crippen LogP) is 8.15. The molecule has 0 aliphatic heterocycles. The maximum absolute atomic E-state index is 6.83. The third-order valence-corrected chi connectivity index (χ3v) is 7.01. The third kappa shape index (κ3) is 2.63.